The summed E-state index contributed by atoms with van der Waals surface area (Å²) in [5, 5.41) is 5.93. The molecule has 5 nitrogen and oxygen atoms in total. The maximum atomic E-state index is 11.5. The van der Waals surface area contributed by atoms with Crippen LogP contribution in [-0.4, -0.2) is 37.1 Å². The van der Waals surface area contributed by atoms with Crippen LogP contribution < -0.4 is 10.6 Å². The van der Waals surface area contributed by atoms with Crippen molar-refractivity contribution in [3.05, 3.63) is 24.3 Å². The second-order valence-corrected chi connectivity index (χ2v) is 4.51. The number of hydrogen-bond donors (Lipinski definition) is 2. The highest BCUT2D eigenvalue weighted by molar-refractivity contribution is 6.06. The average molecular weight is 280 g/mol. The lowest BCUT2D eigenvalue weighted by Crippen LogP contribution is -2.32. The molecule has 0 unspecified atom stereocenters. The molecule has 2 N–H and O–H groups in total. The third-order valence-electron chi connectivity index (χ3n) is 2.52. The van der Waals surface area contributed by atoms with Crippen LogP contribution in [0.3, 0.4) is 0 Å². The van der Waals surface area contributed by atoms with Crippen LogP contribution in [0.15, 0.2) is 24.3 Å². The monoisotopic (exact) mass is 280 g/mol. The van der Waals surface area contributed by atoms with Crippen LogP contribution in [0.25, 0.3) is 0 Å². The highest BCUT2D eigenvalue weighted by atomic mass is 16.1. The molecule has 0 radical (unpaired) electrons. The summed E-state index contributed by atoms with van der Waals surface area (Å²) in [5.74, 6) is -0.603. The summed E-state index contributed by atoms with van der Waals surface area (Å²) in [6.45, 7) is 9.31. The molecule has 0 heterocycles. The predicted octanol–water partition coefficient (Wildman–Crippen LogP) is 1.15. The van der Waals surface area contributed by atoms with Crippen molar-refractivity contribution < 1.29 is 14.4 Å². The molecule has 20 heavy (non-hydrogen) atoms. The maximum Gasteiger partial charge on any atom is 0.220 e. The first kappa shape index (κ1) is 18.2. The van der Waals surface area contributed by atoms with Crippen molar-refractivity contribution in [1.82, 2.24) is 10.6 Å². The van der Waals surface area contributed by atoms with E-state index in [9.17, 15) is 14.4 Å². The zero-order chi connectivity index (χ0) is 15.4. The van der Waals surface area contributed by atoms with Gasteiger partial charge in [-0.2, -0.15) is 0 Å². The summed E-state index contributed by atoms with van der Waals surface area (Å²) < 4.78 is 0. The van der Waals surface area contributed by atoms with Crippen LogP contribution in [-0.2, 0) is 14.4 Å². The van der Waals surface area contributed by atoms with E-state index in [0.29, 0.717) is 18.5 Å². The summed E-state index contributed by atoms with van der Waals surface area (Å²) in [4.78, 5) is 33.7. The Bertz CT molecular complexity index is 387. The summed E-state index contributed by atoms with van der Waals surface area (Å²) in [7, 11) is 0. The van der Waals surface area contributed by atoms with Gasteiger partial charge in [-0.25, -0.2) is 0 Å². The Morgan fingerprint density at radius 3 is 2.35 bits per heavy atom. The topological polar surface area (TPSA) is 75.3 Å². The first-order valence-electron chi connectivity index (χ1n) is 6.85. The number of ketones is 2. The van der Waals surface area contributed by atoms with Crippen molar-refractivity contribution >= 4 is 17.5 Å². The Morgan fingerprint density at radius 1 is 1.05 bits per heavy atom. The zero-order valence-electron chi connectivity index (χ0n) is 12.3. The minimum absolute atomic E-state index is 0.104. The molecule has 112 valence electrons. The van der Waals surface area contributed by atoms with Crippen molar-refractivity contribution in [2.24, 2.45) is 0 Å². The van der Waals surface area contributed by atoms with Crippen molar-refractivity contribution in [1.29, 1.82) is 0 Å². The molecule has 0 spiro atoms. The number of hydrogen-bond acceptors (Lipinski definition) is 4. The van der Waals surface area contributed by atoms with Crippen molar-refractivity contribution in [3.63, 3.8) is 0 Å². The fourth-order valence-corrected chi connectivity index (χ4v) is 1.38. The summed E-state index contributed by atoms with van der Waals surface area (Å²) >= 11 is 0. The molecule has 0 atom stereocenters. The minimum Gasteiger partial charge on any atom is -0.355 e. The third-order valence-corrected chi connectivity index (χ3v) is 2.52. The highest BCUT2D eigenvalue weighted by Crippen LogP contribution is 2.04. The Morgan fingerprint density at radius 2 is 1.75 bits per heavy atom. The maximum absolute atomic E-state index is 11.5. The smallest absolute Gasteiger partial charge is 0.220 e. The van der Waals surface area contributed by atoms with Crippen molar-refractivity contribution in [3.8, 4) is 0 Å². The molecule has 0 aromatic rings. The van der Waals surface area contributed by atoms with E-state index in [-0.39, 0.29) is 23.9 Å². The van der Waals surface area contributed by atoms with Crippen LogP contribution in [0.2, 0.25) is 0 Å². The first-order valence-corrected chi connectivity index (χ1v) is 6.85. The Hall–Kier alpha value is -1.75. The van der Waals surface area contributed by atoms with Crippen LogP contribution in [0.1, 0.15) is 33.1 Å². The van der Waals surface area contributed by atoms with Crippen LogP contribution >= 0.6 is 0 Å². The first-order chi connectivity index (χ1) is 9.47. The molecule has 0 aromatic heterocycles. The van der Waals surface area contributed by atoms with E-state index >= 15 is 0 Å². The normalized spacial score (nSPS) is 10.5. The molecular formula is C15H24N2O3. The average Bonchev–Trinajstić information content (AvgIpc) is 2.41. The Kier molecular flexibility index (Phi) is 10.1. The number of carbonyl (C=O) groups is 3. The number of amides is 1. The number of allylic oxidation sites excluding steroid dienone is 3. The Balaban J connectivity index is 3.80. The number of carbonyl (C=O) groups excluding carboxylic acids is 3. The van der Waals surface area contributed by atoms with Gasteiger partial charge in [-0.1, -0.05) is 13.5 Å². The van der Waals surface area contributed by atoms with Crippen LogP contribution in [0, 0.1) is 0 Å². The third kappa shape index (κ3) is 10.2. The fraction of sp³-hybridized carbons (Fsp3) is 0.533. The van der Waals surface area contributed by atoms with Gasteiger partial charge in [-0.05, 0) is 44.0 Å². The molecule has 0 aliphatic heterocycles. The molecule has 1 amide bonds. The van der Waals surface area contributed by atoms with Gasteiger partial charge in [-0.15, -0.1) is 0 Å². The zero-order valence-corrected chi connectivity index (χ0v) is 12.3. The minimum atomic E-state index is -0.308. The van der Waals surface area contributed by atoms with E-state index in [1.807, 2.05) is 0 Å². The standard InChI is InChI=1S/C15H24N2O3/c1-4-9-16-10-11-17-15(20)8-5-12(2)14(19)7-6-13(3)18/h6-7,16H,2,4-5,8-11H2,1,3H3,(H,17,20)/b7-6-. The molecule has 0 rings (SSSR count). The second-order valence-electron chi connectivity index (χ2n) is 4.51. The molecule has 0 aliphatic carbocycles. The van der Waals surface area contributed by atoms with Gasteiger partial charge in [0.1, 0.15) is 0 Å². The highest BCUT2D eigenvalue weighted by Gasteiger charge is 2.07. The molecular weight excluding hydrogens is 256 g/mol. The molecule has 0 aromatic carbocycles. The van der Waals surface area contributed by atoms with E-state index in [1.165, 1.54) is 19.1 Å². The van der Waals surface area contributed by atoms with Gasteiger partial charge < -0.3 is 10.6 Å². The molecule has 0 bridgehead atoms. The Labute approximate surface area is 120 Å². The van der Waals surface area contributed by atoms with Gasteiger partial charge in [0, 0.05) is 19.5 Å². The fourth-order valence-electron chi connectivity index (χ4n) is 1.38. The molecule has 0 saturated carbocycles. The van der Waals surface area contributed by atoms with E-state index in [1.54, 1.807) is 0 Å². The molecule has 0 saturated heterocycles. The summed E-state index contributed by atoms with van der Waals surface area (Å²) in [6, 6.07) is 0. The van der Waals surface area contributed by atoms with Gasteiger partial charge in [0.25, 0.3) is 0 Å². The van der Waals surface area contributed by atoms with Gasteiger partial charge in [0.05, 0.1) is 0 Å². The van der Waals surface area contributed by atoms with Gasteiger partial charge in [-0.3, -0.25) is 14.4 Å². The van der Waals surface area contributed by atoms with Gasteiger partial charge >= 0.3 is 0 Å². The predicted molar refractivity (Wildman–Crippen MR) is 79.4 cm³/mol. The number of nitrogens with one attached hydrogen (secondary N) is 2. The van der Waals surface area contributed by atoms with E-state index in [4.69, 9.17) is 0 Å². The lowest BCUT2D eigenvalue weighted by atomic mass is 10.1. The quantitative estimate of drug-likeness (QED) is 0.440. The van der Waals surface area contributed by atoms with Gasteiger partial charge in [0.2, 0.25) is 5.91 Å². The second kappa shape index (κ2) is 11.1. The molecule has 0 aliphatic rings. The SMILES string of the molecule is C=C(CCC(=O)NCCNCCC)C(=O)/C=C\C(C)=O. The summed E-state index contributed by atoms with van der Waals surface area (Å²) in [6.07, 6.45) is 3.98. The molecule has 5 heteroatoms. The van der Waals surface area contributed by atoms with Crippen LogP contribution in [0.5, 0.6) is 0 Å². The lowest BCUT2D eigenvalue weighted by Gasteiger charge is -2.06. The van der Waals surface area contributed by atoms with E-state index in [0.717, 1.165) is 19.5 Å². The lowest BCUT2D eigenvalue weighted by molar-refractivity contribution is -0.121. The van der Waals surface area contributed by atoms with E-state index < -0.39 is 0 Å². The van der Waals surface area contributed by atoms with E-state index in [2.05, 4.69) is 24.1 Å². The largest absolute Gasteiger partial charge is 0.355 e. The van der Waals surface area contributed by atoms with Crippen molar-refractivity contribution in [2.45, 2.75) is 33.1 Å². The number of rotatable bonds is 11. The summed E-state index contributed by atoms with van der Waals surface area (Å²) in [5.41, 5.74) is 0.335. The van der Waals surface area contributed by atoms with Gasteiger partial charge in [0.15, 0.2) is 11.6 Å². The molecule has 0 fully saturated rings. The van der Waals surface area contributed by atoms with Crippen LogP contribution in [0.4, 0.5) is 0 Å². The van der Waals surface area contributed by atoms with Crippen molar-refractivity contribution in [2.75, 3.05) is 19.6 Å².